The van der Waals surface area contributed by atoms with E-state index in [2.05, 4.69) is 21.4 Å². The van der Waals surface area contributed by atoms with Gasteiger partial charge in [-0.25, -0.2) is 5.43 Å². The van der Waals surface area contributed by atoms with E-state index < -0.39 is 17.7 Å². The van der Waals surface area contributed by atoms with E-state index in [-0.39, 0.29) is 11.5 Å². The lowest BCUT2D eigenvalue weighted by Crippen LogP contribution is -2.41. The van der Waals surface area contributed by atoms with Gasteiger partial charge >= 0.3 is 11.8 Å². The number of hydrazone groups is 1. The predicted molar refractivity (Wildman–Crippen MR) is 107 cm³/mol. The van der Waals surface area contributed by atoms with Crippen molar-refractivity contribution in [2.75, 3.05) is 0 Å². The molecule has 1 aliphatic carbocycles. The highest BCUT2D eigenvalue weighted by Gasteiger charge is 2.28. The summed E-state index contributed by atoms with van der Waals surface area (Å²) >= 11 is 0. The van der Waals surface area contributed by atoms with Crippen molar-refractivity contribution in [3.63, 3.8) is 0 Å². The Morgan fingerprint density at radius 3 is 2.48 bits per heavy atom. The molecule has 0 atom stereocenters. The van der Waals surface area contributed by atoms with Gasteiger partial charge in [-0.1, -0.05) is 0 Å². The number of aryl methyl sites for hydroxylation is 2. The first-order valence-electron chi connectivity index (χ1n) is 9.63. The van der Waals surface area contributed by atoms with Crippen LogP contribution in [0, 0.1) is 13.8 Å². The molecular weight excluding hydrogens is 404 g/mol. The molecule has 3 aromatic heterocycles. The van der Waals surface area contributed by atoms with Crippen molar-refractivity contribution >= 4 is 23.4 Å². The van der Waals surface area contributed by atoms with E-state index in [1.54, 1.807) is 19.9 Å². The first kappa shape index (κ1) is 20.2. The average molecular weight is 424 g/mol. The molecule has 3 N–H and O–H groups in total. The van der Waals surface area contributed by atoms with E-state index >= 15 is 0 Å². The van der Waals surface area contributed by atoms with Crippen LogP contribution in [0.2, 0.25) is 0 Å². The van der Waals surface area contributed by atoms with Gasteiger partial charge in [-0.05, 0) is 44.9 Å². The number of rotatable bonds is 4. The number of fused-ring (bicyclic) bond motifs is 1. The van der Waals surface area contributed by atoms with Gasteiger partial charge in [-0.3, -0.25) is 25.2 Å². The molecule has 31 heavy (non-hydrogen) atoms. The number of carbonyl (C=O) groups is 3. The number of nitrogens with one attached hydrogen (secondary N) is 3. The maximum atomic E-state index is 12.6. The summed E-state index contributed by atoms with van der Waals surface area (Å²) in [6.45, 7) is 3.38. The molecule has 160 valence electrons. The van der Waals surface area contributed by atoms with E-state index in [0.29, 0.717) is 46.8 Å². The molecule has 3 heterocycles. The van der Waals surface area contributed by atoms with Gasteiger partial charge < -0.3 is 13.3 Å². The van der Waals surface area contributed by atoms with Gasteiger partial charge in [0, 0.05) is 17.5 Å². The quantitative estimate of drug-likeness (QED) is 0.550. The molecule has 0 fully saturated rings. The molecule has 0 spiro atoms. The highest BCUT2D eigenvalue weighted by atomic mass is 16.4. The molecule has 0 aliphatic heterocycles. The summed E-state index contributed by atoms with van der Waals surface area (Å²) in [6.07, 6.45) is 4.80. The van der Waals surface area contributed by atoms with Crippen LogP contribution in [0.1, 0.15) is 67.0 Å². The molecule has 0 aromatic carbocycles. The second kappa shape index (κ2) is 8.34. The van der Waals surface area contributed by atoms with Crippen molar-refractivity contribution in [3.05, 3.63) is 70.5 Å². The largest absolute Gasteiger partial charge is 0.469 e. The summed E-state index contributed by atoms with van der Waals surface area (Å²) in [5.41, 5.74) is 9.36. The fourth-order valence-corrected chi connectivity index (χ4v) is 3.44. The lowest BCUT2D eigenvalue weighted by Gasteiger charge is -2.13. The SMILES string of the molecule is Cc1occc1C(=O)NNC(=O)c1oc2c(c1C)/C(=N/NC(=O)c1ccco1)CCC2. The summed E-state index contributed by atoms with van der Waals surface area (Å²) < 4.78 is 15.9. The van der Waals surface area contributed by atoms with Gasteiger partial charge in [-0.15, -0.1) is 0 Å². The lowest BCUT2D eigenvalue weighted by atomic mass is 9.93. The van der Waals surface area contributed by atoms with Crippen molar-refractivity contribution in [2.24, 2.45) is 5.10 Å². The topological polar surface area (TPSA) is 139 Å². The molecule has 0 unspecified atom stereocenters. The first-order valence-corrected chi connectivity index (χ1v) is 9.63. The molecular formula is C21H20N4O6. The van der Waals surface area contributed by atoms with Crippen molar-refractivity contribution in [1.82, 2.24) is 16.3 Å². The minimum atomic E-state index is -0.597. The lowest BCUT2D eigenvalue weighted by molar-refractivity contribution is 0.0828. The summed E-state index contributed by atoms with van der Waals surface area (Å²) in [4.78, 5) is 36.8. The van der Waals surface area contributed by atoms with Crippen LogP contribution < -0.4 is 16.3 Å². The Morgan fingerprint density at radius 2 is 1.77 bits per heavy atom. The van der Waals surface area contributed by atoms with Gasteiger partial charge in [0.1, 0.15) is 11.5 Å². The van der Waals surface area contributed by atoms with E-state index in [0.717, 1.165) is 6.42 Å². The minimum absolute atomic E-state index is 0.0705. The van der Waals surface area contributed by atoms with E-state index in [4.69, 9.17) is 13.3 Å². The summed E-state index contributed by atoms with van der Waals surface area (Å²) in [7, 11) is 0. The van der Waals surface area contributed by atoms with Gasteiger partial charge in [0.15, 0.2) is 11.5 Å². The Labute approximate surface area is 176 Å². The highest BCUT2D eigenvalue weighted by molar-refractivity contribution is 6.07. The number of nitrogens with zero attached hydrogens (tertiary/aromatic N) is 1. The molecule has 10 nitrogen and oxygen atoms in total. The van der Waals surface area contributed by atoms with Crippen molar-refractivity contribution in [1.29, 1.82) is 0 Å². The van der Waals surface area contributed by atoms with Crippen LogP contribution in [0.25, 0.3) is 0 Å². The van der Waals surface area contributed by atoms with Crippen molar-refractivity contribution < 1.29 is 27.6 Å². The first-order chi connectivity index (χ1) is 15.0. The Kier molecular flexibility index (Phi) is 5.44. The molecule has 3 amide bonds. The Hall–Kier alpha value is -4.08. The maximum Gasteiger partial charge on any atom is 0.307 e. The van der Waals surface area contributed by atoms with Gasteiger partial charge in [0.05, 0.1) is 23.8 Å². The predicted octanol–water partition coefficient (Wildman–Crippen LogP) is 2.63. The van der Waals surface area contributed by atoms with Crippen LogP contribution >= 0.6 is 0 Å². The molecule has 0 bridgehead atoms. The Bertz CT molecular complexity index is 1170. The molecule has 0 saturated heterocycles. The number of hydrogen-bond acceptors (Lipinski definition) is 7. The third kappa shape index (κ3) is 4.00. The third-order valence-electron chi connectivity index (χ3n) is 4.96. The number of amides is 3. The van der Waals surface area contributed by atoms with Crippen LogP contribution in [0.3, 0.4) is 0 Å². The smallest absolute Gasteiger partial charge is 0.307 e. The molecule has 10 heteroatoms. The average Bonchev–Trinajstić information content (AvgIpc) is 3.51. The monoisotopic (exact) mass is 424 g/mol. The van der Waals surface area contributed by atoms with Crippen LogP contribution in [0.5, 0.6) is 0 Å². The van der Waals surface area contributed by atoms with Gasteiger partial charge in [0.25, 0.3) is 5.91 Å². The van der Waals surface area contributed by atoms with Crippen molar-refractivity contribution in [3.8, 4) is 0 Å². The van der Waals surface area contributed by atoms with Gasteiger partial charge in [-0.2, -0.15) is 5.10 Å². The molecule has 4 rings (SSSR count). The van der Waals surface area contributed by atoms with Crippen molar-refractivity contribution in [2.45, 2.75) is 33.1 Å². The zero-order chi connectivity index (χ0) is 22.0. The highest BCUT2D eigenvalue weighted by Crippen LogP contribution is 2.29. The summed E-state index contributed by atoms with van der Waals surface area (Å²) in [6, 6.07) is 4.65. The fraction of sp³-hybridized carbons (Fsp3) is 0.238. The zero-order valence-electron chi connectivity index (χ0n) is 16.9. The van der Waals surface area contributed by atoms with Crippen LogP contribution in [-0.4, -0.2) is 23.4 Å². The number of carbonyl (C=O) groups excluding carboxylic acids is 3. The molecule has 0 saturated carbocycles. The van der Waals surface area contributed by atoms with Gasteiger partial charge in [0.2, 0.25) is 0 Å². The number of furan rings is 3. The Morgan fingerprint density at radius 1 is 0.968 bits per heavy atom. The number of hydrogen-bond donors (Lipinski definition) is 3. The third-order valence-corrected chi connectivity index (χ3v) is 4.96. The number of hydrazine groups is 1. The Balaban J connectivity index is 1.49. The summed E-state index contributed by atoms with van der Waals surface area (Å²) in [5, 5.41) is 4.22. The molecule has 0 radical (unpaired) electrons. The van der Waals surface area contributed by atoms with E-state index in [9.17, 15) is 14.4 Å². The minimum Gasteiger partial charge on any atom is -0.469 e. The fourth-order valence-electron chi connectivity index (χ4n) is 3.44. The summed E-state index contributed by atoms with van der Waals surface area (Å²) in [5.74, 6) is -0.308. The second-order valence-corrected chi connectivity index (χ2v) is 6.98. The van der Waals surface area contributed by atoms with Crippen LogP contribution in [-0.2, 0) is 6.42 Å². The molecule has 3 aromatic rings. The maximum absolute atomic E-state index is 12.6. The van der Waals surface area contributed by atoms with E-state index in [1.165, 1.54) is 24.7 Å². The van der Waals surface area contributed by atoms with Crippen LogP contribution in [0.15, 0.2) is 49.1 Å². The standard InChI is InChI=1S/C21H20N4O6/c1-11-17-14(22-24-20(27)16-7-4-9-30-16)5-3-6-15(17)31-18(11)21(28)25-23-19(26)13-8-10-29-12(13)2/h4,7-10H,3,5-6H2,1-2H3,(H,23,26)(H,24,27)(H,25,28)/b22-14+. The zero-order valence-corrected chi connectivity index (χ0v) is 16.9. The van der Waals surface area contributed by atoms with E-state index in [1.807, 2.05) is 0 Å². The normalized spacial score (nSPS) is 14.2. The van der Waals surface area contributed by atoms with Crippen LogP contribution in [0.4, 0.5) is 0 Å². The second-order valence-electron chi connectivity index (χ2n) is 6.98. The molecule has 1 aliphatic rings.